The molecule has 1 aliphatic rings. The van der Waals surface area contributed by atoms with Crippen molar-refractivity contribution < 1.29 is 9.53 Å². The topological polar surface area (TPSA) is 50.7 Å². The summed E-state index contributed by atoms with van der Waals surface area (Å²) in [5.74, 6) is 0.585. The highest BCUT2D eigenvalue weighted by Crippen LogP contribution is 2.40. The van der Waals surface area contributed by atoms with Gasteiger partial charge >= 0.3 is 0 Å². The lowest BCUT2D eigenvalue weighted by Crippen LogP contribution is -2.14. The Morgan fingerprint density at radius 3 is 2.81 bits per heavy atom. The number of anilines is 1. The number of nitrogens with zero attached hydrogens (tertiary/aromatic N) is 1. The van der Waals surface area contributed by atoms with E-state index in [2.05, 4.69) is 34.5 Å². The first-order chi connectivity index (χ1) is 15.6. The molecule has 164 valence electrons. The van der Waals surface area contributed by atoms with Crippen molar-refractivity contribution in [3.63, 3.8) is 0 Å². The second-order valence-corrected chi connectivity index (χ2v) is 10.1. The smallest absolute Gasteiger partial charge is 0.259 e. The molecule has 1 N–H and O–H groups in total. The van der Waals surface area contributed by atoms with Gasteiger partial charge < -0.3 is 10.1 Å². The Hall–Kier alpha value is -2.16. The predicted octanol–water partition coefficient (Wildman–Crippen LogP) is 7.45. The quantitative estimate of drug-likeness (QED) is 0.180. The van der Waals surface area contributed by atoms with Crippen molar-refractivity contribution in [1.82, 2.24) is 0 Å². The first kappa shape index (κ1) is 23.0. The summed E-state index contributed by atoms with van der Waals surface area (Å²) in [6.07, 6.45) is 7.56. The predicted molar refractivity (Wildman–Crippen MR) is 142 cm³/mol. The van der Waals surface area contributed by atoms with Crippen LogP contribution in [-0.2, 0) is 12.8 Å². The normalized spacial score (nSPS) is 13.1. The second-order valence-electron chi connectivity index (χ2n) is 7.38. The Labute approximate surface area is 210 Å². The van der Waals surface area contributed by atoms with E-state index in [1.54, 1.807) is 23.6 Å². The zero-order chi connectivity index (χ0) is 22.5. The third-order valence-electron chi connectivity index (χ3n) is 5.11. The number of nitrogens with one attached hydrogen (secondary N) is 1. The van der Waals surface area contributed by atoms with Crippen molar-refractivity contribution in [2.45, 2.75) is 25.7 Å². The van der Waals surface area contributed by atoms with Gasteiger partial charge in [0.1, 0.15) is 17.4 Å². The third-order valence-corrected chi connectivity index (χ3v) is 7.33. The largest absolute Gasteiger partial charge is 0.488 e. The molecule has 0 bridgehead atoms. The minimum absolute atomic E-state index is 0.119. The number of carbonyl (C=O) groups is 1. The molecule has 2 aromatic carbocycles. The molecule has 32 heavy (non-hydrogen) atoms. The number of rotatable bonds is 7. The Bertz CT molecular complexity index is 1170. The van der Waals surface area contributed by atoms with Crippen LogP contribution in [-0.4, -0.2) is 18.7 Å². The van der Waals surface area contributed by atoms with Gasteiger partial charge in [-0.2, -0.15) is 0 Å². The monoisotopic (exact) mass is 576 g/mol. The molecular weight excluding hydrogens is 555 g/mol. The zero-order valence-electron chi connectivity index (χ0n) is 17.4. The van der Waals surface area contributed by atoms with Gasteiger partial charge in [0.2, 0.25) is 0 Å². The number of benzene rings is 2. The van der Waals surface area contributed by atoms with Crippen LogP contribution in [0.4, 0.5) is 10.7 Å². The van der Waals surface area contributed by atoms with Crippen molar-refractivity contribution in [2.75, 3.05) is 11.9 Å². The van der Waals surface area contributed by atoms with Crippen LogP contribution >= 0.6 is 45.5 Å². The maximum atomic E-state index is 13.3. The maximum absolute atomic E-state index is 13.3. The van der Waals surface area contributed by atoms with Crippen LogP contribution in [0.25, 0.3) is 0 Å². The molecule has 0 aliphatic heterocycles. The minimum Gasteiger partial charge on any atom is -0.488 e. The van der Waals surface area contributed by atoms with Gasteiger partial charge in [0.05, 0.1) is 9.13 Å². The van der Waals surface area contributed by atoms with E-state index in [-0.39, 0.29) is 5.91 Å². The van der Waals surface area contributed by atoms with Crippen LogP contribution in [0.15, 0.2) is 60.1 Å². The summed E-state index contributed by atoms with van der Waals surface area (Å²) in [5, 5.41) is 4.35. The first-order valence-electron chi connectivity index (χ1n) is 10.3. The number of fused-ring (bicyclic) bond motifs is 1. The molecule has 0 unspecified atom stereocenters. The summed E-state index contributed by atoms with van der Waals surface area (Å²) >= 11 is 10.1. The van der Waals surface area contributed by atoms with E-state index < -0.39 is 0 Å². The lowest BCUT2D eigenvalue weighted by molar-refractivity contribution is 0.102. The SMILES string of the molecule is C=CCOc1c(I)cc(Cl)cc1C=Nc1sc2c(c1C(=O)Nc1ccccc1)CCCC2. The van der Waals surface area contributed by atoms with Gasteiger partial charge in [-0.1, -0.05) is 42.5 Å². The fourth-order valence-electron chi connectivity index (χ4n) is 3.69. The van der Waals surface area contributed by atoms with E-state index >= 15 is 0 Å². The average molecular weight is 577 g/mol. The second kappa shape index (κ2) is 10.6. The van der Waals surface area contributed by atoms with Crippen molar-refractivity contribution in [1.29, 1.82) is 0 Å². The Morgan fingerprint density at radius 2 is 2.03 bits per heavy atom. The van der Waals surface area contributed by atoms with E-state index in [1.165, 1.54) is 4.88 Å². The van der Waals surface area contributed by atoms with Gasteiger partial charge in [-0.15, -0.1) is 11.3 Å². The first-order valence-corrected chi connectivity index (χ1v) is 12.6. The molecule has 0 spiro atoms. The van der Waals surface area contributed by atoms with Crippen LogP contribution < -0.4 is 10.1 Å². The summed E-state index contributed by atoms with van der Waals surface area (Å²) in [6.45, 7) is 4.10. The molecule has 1 heterocycles. The number of carbonyl (C=O) groups excluding carboxylic acids is 1. The molecule has 0 radical (unpaired) electrons. The summed E-state index contributed by atoms with van der Waals surface area (Å²) in [6, 6.07) is 13.2. The summed E-state index contributed by atoms with van der Waals surface area (Å²) in [7, 11) is 0. The minimum atomic E-state index is -0.119. The summed E-state index contributed by atoms with van der Waals surface area (Å²) < 4.78 is 6.74. The van der Waals surface area contributed by atoms with Crippen LogP contribution in [0, 0.1) is 3.57 Å². The van der Waals surface area contributed by atoms with Gasteiger partial charge in [0.15, 0.2) is 0 Å². The van der Waals surface area contributed by atoms with Crippen LogP contribution in [0.5, 0.6) is 5.75 Å². The van der Waals surface area contributed by atoms with Crippen molar-refractivity contribution in [3.8, 4) is 5.75 Å². The lowest BCUT2D eigenvalue weighted by Gasteiger charge is -2.13. The highest BCUT2D eigenvalue weighted by atomic mass is 127. The fourth-order valence-corrected chi connectivity index (χ4v) is 6.13. The number of hydrogen-bond acceptors (Lipinski definition) is 4. The van der Waals surface area contributed by atoms with Crippen LogP contribution in [0.2, 0.25) is 5.02 Å². The molecule has 0 atom stereocenters. The number of hydrogen-bond donors (Lipinski definition) is 1. The third kappa shape index (κ3) is 5.24. The summed E-state index contributed by atoms with van der Waals surface area (Å²) in [5.41, 5.74) is 3.35. The standard InChI is InChI=1S/C25H22ClIN2O2S/c1-2-12-31-23-16(13-17(26)14-20(23)27)15-28-25-22(19-10-6-7-11-21(19)32-25)24(30)29-18-8-4-3-5-9-18/h2-5,8-9,13-15H,1,6-7,10-12H2,(H,29,30). The highest BCUT2D eigenvalue weighted by Gasteiger charge is 2.25. The van der Waals surface area contributed by atoms with E-state index in [9.17, 15) is 4.79 Å². The van der Waals surface area contributed by atoms with E-state index in [1.807, 2.05) is 42.5 Å². The number of thiophene rings is 1. The molecule has 1 aromatic heterocycles. The Morgan fingerprint density at radius 1 is 1.25 bits per heavy atom. The van der Waals surface area contributed by atoms with Gasteiger partial charge in [-0.05, 0) is 78.1 Å². The van der Waals surface area contributed by atoms with Crippen molar-refractivity contribution >= 4 is 68.3 Å². The summed E-state index contributed by atoms with van der Waals surface area (Å²) in [4.78, 5) is 19.3. The molecule has 0 fully saturated rings. The molecule has 1 aliphatic carbocycles. The van der Waals surface area contributed by atoms with Gasteiger partial charge in [0.25, 0.3) is 5.91 Å². The van der Waals surface area contributed by atoms with Gasteiger partial charge in [0, 0.05) is 27.4 Å². The fraction of sp³-hybridized carbons (Fsp3) is 0.200. The van der Waals surface area contributed by atoms with Crippen molar-refractivity contribution in [3.05, 3.63) is 85.3 Å². The van der Waals surface area contributed by atoms with Crippen molar-refractivity contribution in [2.24, 2.45) is 4.99 Å². The molecule has 7 heteroatoms. The molecular formula is C25H22ClIN2O2S. The number of ether oxygens (including phenoxy) is 1. The van der Waals surface area contributed by atoms with E-state index in [4.69, 9.17) is 21.3 Å². The number of para-hydroxylation sites is 1. The van der Waals surface area contributed by atoms with E-state index in [0.717, 1.165) is 51.1 Å². The molecule has 0 saturated carbocycles. The number of amides is 1. The molecule has 0 saturated heterocycles. The molecule has 1 amide bonds. The van der Waals surface area contributed by atoms with E-state index in [0.29, 0.717) is 22.9 Å². The number of aliphatic imine (C=N–C) groups is 1. The number of aryl methyl sites for hydroxylation is 1. The Kier molecular flexibility index (Phi) is 7.65. The highest BCUT2D eigenvalue weighted by molar-refractivity contribution is 14.1. The maximum Gasteiger partial charge on any atom is 0.259 e. The zero-order valence-corrected chi connectivity index (χ0v) is 21.1. The van der Waals surface area contributed by atoms with Gasteiger partial charge in [-0.3, -0.25) is 4.79 Å². The molecule has 4 rings (SSSR count). The molecule has 3 aromatic rings. The van der Waals surface area contributed by atoms with Crippen LogP contribution in [0.3, 0.4) is 0 Å². The van der Waals surface area contributed by atoms with Gasteiger partial charge in [-0.25, -0.2) is 4.99 Å². The average Bonchev–Trinajstić information content (AvgIpc) is 3.16. The molecule has 4 nitrogen and oxygen atoms in total. The lowest BCUT2D eigenvalue weighted by atomic mass is 9.95. The number of halogens is 2. The Balaban J connectivity index is 1.71. The van der Waals surface area contributed by atoms with Crippen LogP contribution in [0.1, 0.15) is 39.2 Å².